The summed E-state index contributed by atoms with van der Waals surface area (Å²) in [6, 6.07) is 6.08. The molecule has 0 fully saturated rings. The second-order valence-corrected chi connectivity index (χ2v) is 5.22. The Labute approximate surface area is 124 Å². The van der Waals surface area contributed by atoms with Gasteiger partial charge in [-0.15, -0.1) is 0 Å². The zero-order chi connectivity index (χ0) is 15.2. The summed E-state index contributed by atoms with van der Waals surface area (Å²) in [7, 11) is 0. The van der Waals surface area contributed by atoms with E-state index in [4.69, 9.17) is 0 Å². The molecule has 0 aliphatic heterocycles. The highest BCUT2D eigenvalue weighted by atomic mass is 19.1. The van der Waals surface area contributed by atoms with Gasteiger partial charge in [0.2, 0.25) is 0 Å². The van der Waals surface area contributed by atoms with Crippen molar-refractivity contribution in [2.45, 2.75) is 38.5 Å². The van der Waals surface area contributed by atoms with Gasteiger partial charge in [-0.05, 0) is 38.0 Å². The van der Waals surface area contributed by atoms with E-state index in [2.05, 4.69) is 15.3 Å². The molecule has 3 atom stereocenters. The maximum Gasteiger partial charge on any atom is 0.123 e. The summed E-state index contributed by atoms with van der Waals surface area (Å²) < 4.78 is 12.9. The van der Waals surface area contributed by atoms with Crippen LogP contribution in [-0.2, 0) is 0 Å². The lowest BCUT2D eigenvalue weighted by atomic mass is 10.0. The van der Waals surface area contributed by atoms with E-state index in [0.717, 1.165) is 11.3 Å². The molecule has 0 aliphatic carbocycles. The lowest BCUT2D eigenvalue weighted by Gasteiger charge is -2.22. The van der Waals surface area contributed by atoms with Crippen LogP contribution in [0.1, 0.15) is 43.7 Å². The van der Waals surface area contributed by atoms with Gasteiger partial charge in [0.25, 0.3) is 0 Å². The Morgan fingerprint density at radius 3 is 2.52 bits per heavy atom. The first-order valence-electron chi connectivity index (χ1n) is 7.01. The van der Waals surface area contributed by atoms with Gasteiger partial charge in [-0.1, -0.05) is 12.1 Å². The van der Waals surface area contributed by atoms with Crippen molar-refractivity contribution in [1.29, 1.82) is 0 Å². The van der Waals surface area contributed by atoms with Crippen LogP contribution < -0.4 is 5.32 Å². The van der Waals surface area contributed by atoms with Gasteiger partial charge in [0.1, 0.15) is 5.82 Å². The van der Waals surface area contributed by atoms with E-state index in [1.165, 1.54) is 12.1 Å². The molecule has 21 heavy (non-hydrogen) atoms. The van der Waals surface area contributed by atoms with Crippen molar-refractivity contribution >= 4 is 0 Å². The molecule has 1 heterocycles. The number of rotatable bonds is 6. The standard InChI is InChI=1S/C16H20FN3O/c1-11(20-12(2)15-10-18-7-8-19-15)9-16(21)13-3-5-14(17)6-4-13/h3-8,10-12,16,20-21H,9H2,1-2H3/t11-,12+,16+/m1/s1. The van der Waals surface area contributed by atoms with Crippen LogP contribution in [0, 0.1) is 5.82 Å². The highest BCUT2D eigenvalue weighted by molar-refractivity contribution is 5.18. The summed E-state index contributed by atoms with van der Waals surface area (Å²) in [5, 5.41) is 13.5. The first-order valence-corrected chi connectivity index (χ1v) is 7.01. The molecule has 0 amide bonds. The van der Waals surface area contributed by atoms with Gasteiger partial charge >= 0.3 is 0 Å². The smallest absolute Gasteiger partial charge is 0.123 e. The number of hydrogen-bond acceptors (Lipinski definition) is 4. The third-order valence-corrected chi connectivity index (χ3v) is 3.39. The molecule has 0 saturated heterocycles. The van der Waals surface area contributed by atoms with Gasteiger partial charge in [0.05, 0.1) is 11.8 Å². The van der Waals surface area contributed by atoms with E-state index in [-0.39, 0.29) is 17.9 Å². The predicted molar refractivity (Wildman–Crippen MR) is 79.0 cm³/mol. The van der Waals surface area contributed by atoms with Gasteiger partial charge < -0.3 is 10.4 Å². The third kappa shape index (κ3) is 4.58. The van der Waals surface area contributed by atoms with Gasteiger partial charge in [0.15, 0.2) is 0 Å². The molecule has 1 aromatic carbocycles. The summed E-state index contributed by atoms with van der Waals surface area (Å²) >= 11 is 0. The second-order valence-electron chi connectivity index (χ2n) is 5.22. The maximum absolute atomic E-state index is 12.9. The fraction of sp³-hybridized carbons (Fsp3) is 0.375. The zero-order valence-electron chi connectivity index (χ0n) is 12.2. The minimum absolute atomic E-state index is 0.0501. The molecule has 0 aliphatic rings. The van der Waals surface area contributed by atoms with Crippen molar-refractivity contribution in [2.24, 2.45) is 0 Å². The lowest BCUT2D eigenvalue weighted by molar-refractivity contribution is 0.151. The van der Waals surface area contributed by atoms with E-state index in [1.807, 2.05) is 13.8 Å². The maximum atomic E-state index is 12.9. The van der Waals surface area contributed by atoms with Crippen LogP contribution in [0.3, 0.4) is 0 Å². The molecule has 0 bridgehead atoms. The topological polar surface area (TPSA) is 58.0 Å². The number of halogens is 1. The van der Waals surface area contributed by atoms with Crippen molar-refractivity contribution in [2.75, 3.05) is 0 Å². The van der Waals surface area contributed by atoms with E-state index in [1.54, 1.807) is 30.7 Å². The van der Waals surface area contributed by atoms with Crippen molar-refractivity contribution in [3.8, 4) is 0 Å². The van der Waals surface area contributed by atoms with Crippen molar-refractivity contribution < 1.29 is 9.50 Å². The molecule has 4 nitrogen and oxygen atoms in total. The fourth-order valence-electron chi connectivity index (χ4n) is 2.27. The summed E-state index contributed by atoms with van der Waals surface area (Å²) in [4.78, 5) is 8.29. The Kier molecular flexibility index (Phi) is 5.36. The van der Waals surface area contributed by atoms with Crippen LogP contribution in [0.5, 0.6) is 0 Å². The molecule has 2 rings (SSSR count). The number of aromatic nitrogens is 2. The number of benzene rings is 1. The van der Waals surface area contributed by atoms with Crippen molar-refractivity contribution in [3.05, 3.63) is 59.9 Å². The molecule has 0 saturated carbocycles. The summed E-state index contributed by atoms with van der Waals surface area (Å²) in [6.07, 6.45) is 4.93. The molecule has 112 valence electrons. The largest absolute Gasteiger partial charge is 0.388 e. The van der Waals surface area contributed by atoms with Crippen LogP contribution in [0.2, 0.25) is 0 Å². The molecular formula is C16H20FN3O. The van der Waals surface area contributed by atoms with Crippen molar-refractivity contribution in [1.82, 2.24) is 15.3 Å². The monoisotopic (exact) mass is 289 g/mol. The minimum Gasteiger partial charge on any atom is -0.388 e. The van der Waals surface area contributed by atoms with Gasteiger partial charge in [-0.3, -0.25) is 9.97 Å². The van der Waals surface area contributed by atoms with E-state index in [0.29, 0.717) is 6.42 Å². The Morgan fingerprint density at radius 1 is 1.19 bits per heavy atom. The Bertz CT molecular complexity index is 547. The zero-order valence-corrected chi connectivity index (χ0v) is 12.2. The van der Waals surface area contributed by atoms with Crippen LogP contribution in [0.25, 0.3) is 0 Å². The minimum atomic E-state index is -0.623. The Morgan fingerprint density at radius 2 is 1.90 bits per heavy atom. The Balaban J connectivity index is 1.89. The van der Waals surface area contributed by atoms with Gasteiger partial charge in [-0.2, -0.15) is 0 Å². The molecule has 1 aromatic heterocycles. The first-order chi connectivity index (χ1) is 10.1. The number of nitrogens with zero attached hydrogens (tertiary/aromatic N) is 2. The van der Waals surface area contributed by atoms with Crippen molar-refractivity contribution in [3.63, 3.8) is 0 Å². The molecule has 2 N–H and O–H groups in total. The SMILES string of the molecule is C[C@H](C[C@H](O)c1ccc(F)cc1)N[C@@H](C)c1cnccn1. The number of aliphatic hydroxyl groups is 1. The third-order valence-electron chi connectivity index (χ3n) is 3.39. The molecule has 2 aromatic rings. The molecule has 0 unspecified atom stereocenters. The molecule has 0 spiro atoms. The number of hydrogen-bond donors (Lipinski definition) is 2. The average molecular weight is 289 g/mol. The normalized spacial score (nSPS) is 15.4. The van der Waals surface area contributed by atoms with E-state index < -0.39 is 6.10 Å². The lowest BCUT2D eigenvalue weighted by Crippen LogP contribution is -2.31. The summed E-state index contributed by atoms with van der Waals surface area (Å²) in [5.41, 5.74) is 1.58. The van der Waals surface area contributed by atoms with Crippen LogP contribution in [-0.4, -0.2) is 21.1 Å². The van der Waals surface area contributed by atoms with Crippen LogP contribution in [0.15, 0.2) is 42.9 Å². The van der Waals surface area contributed by atoms with Crippen LogP contribution in [0.4, 0.5) is 4.39 Å². The van der Waals surface area contributed by atoms with E-state index in [9.17, 15) is 9.50 Å². The summed E-state index contributed by atoms with van der Waals surface area (Å²) in [5.74, 6) is -0.298. The van der Waals surface area contributed by atoms with E-state index >= 15 is 0 Å². The highest BCUT2D eigenvalue weighted by Crippen LogP contribution is 2.20. The molecule has 5 heteroatoms. The second kappa shape index (κ2) is 7.24. The van der Waals surface area contributed by atoms with Gasteiger partial charge in [0, 0.05) is 30.7 Å². The van der Waals surface area contributed by atoms with Gasteiger partial charge in [-0.25, -0.2) is 4.39 Å². The molecular weight excluding hydrogens is 269 g/mol. The average Bonchev–Trinajstić information content (AvgIpc) is 2.48. The Hall–Kier alpha value is -1.85. The highest BCUT2D eigenvalue weighted by Gasteiger charge is 2.15. The quantitative estimate of drug-likeness (QED) is 0.858. The molecule has 0 radical (unpaired) electrons. The summed E-state index contributed by atoms with van der Waals surface area (Å²) in [6.45, 7) is 4.00. The predicted octanol–water partition coefficient (Wildman–Crippen LogP) is 2.78. The fourth-order valence-corrected chi connectivity index (χ4v) is 2.27. The first kappa shape index (κ1) is 15.5. The number of aliphatic hydroxyl groups excluding tert-OH is 1. The van der Waals surface area contributed by atoms with Crippen LogP contribution >= 0.6 is 0 Å². The number of nitrogens with one attached hydrogen (secondary N) is 1.